The molecule has 7 heteroatoms. The Morgan fingerprint density at radius 1 is 1.04 bits per heavy atom. The first kappa shape index (κ1) is 16.4. The van der Waals surface area contributed by atoms with Crippen LogP contribution >= 0.6 is 11.3 Å². The van der Waals surface area contributed by atoms with E-state index >= 15 is 0 Å². The van der Waals surface area contributed by atoms with Crippen molar-refractivity contribution in [2.75, 3.05) is 13.1 Å². The summed E-state index contributed by atoms with van der Waals surface area (Å²) in [6.07, 6.45) is 5.98. The molecule has 5 rings (SSSR count). The van der Waals surface area contributed by atoms with E-state index in [4.69, 9.17) is 9.72 Å². The van der Waals surface area contributed by atoms with E-state index in [2.05, 4.69) is 32.0 Å². The van der Waals surface area contributed by atoms with Gasteiger partial charge >= 0.3 is 0 Å². The SMILES string of the molecule is c1cnc2c(c1)nc(-c1nccs1)n2-c1ccc(OC2CCNCC2)cc1. The normalized spacial score (nSPS) is 15.3. The number of hydrogen-bond acceptors (Lipinski definition) is 6. The fraction of sp³-hybridized carbons (Fsp3) is 0.250. The van der Waals surface area contributed by atoms with Crippen molar-refractivity contribution in [1.82, 2.24) is 24.8 Å². The molecule has 0 atom stereocenters. The largest absolute Gasteiger partial charge is 0.490 e. The lowest BCUT2D eigenvalue weighted by Crippen LogP contribution is -2.34. The highest BCUT2D eigenvalue weighted by molar-refractivity contribution is 7.13. The summed E-state index contributed by atoms with van der Waals surface area (Å²) >= 11 is 1.57. The number of nitrogens with zero attached hydrogens (tertiary/aromatic N) is 4. The van der Waals surface area contributed by atoms with Crippen molar-refractivity contribution in [3.63, 3.8) is 0 Å². The minimum absolute atomic E-state index is 0.290. The van der Waals surface area contributed by atoms with Crippen molar-refractivity contribution in [1.29, 1.82) is 0 Å². The average Bonchev–Trinajstić information content (AvgIpc) is 3.37. The molecule has 1 aliphatic heterocycles. The van der Waals surface area contributed by atoms with Gasteiger partial charge in [0.15, 0.2) is 16.5 Å². The number of imidazole rings is 1. The Labute approximate surface area is 160 Å². The molecule has 0 unspecified atom stereocenters. The van der Waals surface area contributed by atoms with E-state index in [0.29, 0.717) is 6.10 Å². The summed E-state index contributed by atoms with van der Waals surface area (Å²) in [5, 5.41) is 6.20. The molecule has 0 saturated carbocycles. The second-order valence-electron chi connectivity index (χ2n) is 6.52. The van der Waals surface area contributed by atoms with Crippen molar-refractivity contribution >= 4 is 22.5 Å². The predicted molar refractivity (Wildman–Crippen MR) is 106 cm³/mol. The summed E-state index contributed by atoms with van der Waals surface area (Å²) in [4.78, 5) is 13.7. The van der Waals surface area contributed by atoms with Gasteiger partial charge in [0.25, 0.3) is 0 Å². The Morgan fingerprint density at radius 3 is 2.67 bits per heavy atom. The standard InChI is InChI=1S/C20H19N5OS/c1-2-17-18(22-9-1)25(19(24-17)20-23-12-13-27-20)14-3-5-15(6-4-14)26-16-7-10-21-11-8-16/h1-6,9,12-13,16,21H,7-8,10-11H2. The lowest BCUT2D eigenvalue weighted by atomic mass is 10.1. The molecule has 1 saturated heterocycles. The van der Waals surface area contributed by atoms with Gasteiger partial charge in [0, 0.05) is 23.5 Å². The van der Waals surface area contributed by atoms with Crippen LogP contribution in [0.5, 0.6) is 5.75 Å². The van der Waals surface area contributed by atoms with Crippen LogP contribution in [0.2, 0.25) is 0 Å². The molecule has 27 heavy (non-hydrogen) atoms. The van der Waals surface area contributed by atoms with E-state index in [0.717, 1.165) is 59.4 Å². The van der Waals surface area contributed by atoms with Crippen molar-refractivity contribution in [2.24, 2.45) is 0 Å². The van der Waals surface area contributed by atoms with Gasteiger partial charge in [-0.2, -0.15) is 0 Å². The topological polar surface area (TPSA) is 64.9 Å². The molecule has 0 aliphatic carbocycles. The second kappa shape index (κ2) is 7.09. The summed E-state index contributed by atoms with van der Waals surface area (Å²) in [5.41, 5.74) is 2.69. The van der Waals surface area contributed by atoms with Crippen LogP contribution in [-0.4, -0.2) is 38.7 Å². The molecule has 0 bridgehead atoms. The fourth-order valence-corrected chi connectivity index (χ4v) is 4.03. The molecule has 0 amide bonds. The number of hydrogen-bond donors (Lipinski definition) is 1. The summed E-state index contributed by atoms with van der Waals surface area (Å²) in [7, 11) is 0. The molecular weight excluding hydrogens is 358 g/mol. The van der Waals surface area contributed by atoms with Gasteiger partial charge in [-0.25, -0.2) is 15.0 Å². The van der Waals surface area contributed by atoms with E-state index < -0.39 is 0 Å². The van der Waals surface area contributed by atoms with E-state index in [1.54, 1.807) is 23.7 Å². The number of thiazole rings is 1. The highest BCUT2D eigenvalue weighted by Crippen LogP contribution is 2.29. The van der Waals surface area contributed by atoms with Crippen LogP contribution in [0, 0.1) is 0 Å². The third-order valence-corrected chi connectivity index (χ3v) is 5.49. The second-order valence-corrected chi connectivity index (χ2v) is 7.41. The number of benzene rings is 1. The van der Waals surface area contributed by atoms with Crippen LogP contribution < -0.4 is 10.1 Å². The summed E-state index contributed by atoms with van der Waals surface area (Å²) < 4.78 is 8.18. The van der Waals surface area contributed by atoms with Crippen LogP contribution in [0.15, 0.2) is 54.2 Å². The summed E-state index contributed by atoms with van der Waals surface area (Å²) in [6, 6.07) is 12.0. The lowest BCUT2D eigenvalue weighted by molar-refractivity contribution is 0.162. The third kappa shape index (κ3) is 3.20. The van der Waals surface area contributed by atoms with Gasteiger partial charge in [0.1, 0.15) is 17.4 Å². The summed E-state index contributed by atoms with van der Waals surface area (Å²) in [5.74, 6) is 1.71. The number of aromatic nitrogens is 4. The number of piperidine rings is 1. The number of rotatable bonds is 4. The number of fused-ring (bicyclic) bond motifs is 1. The van der Waals surface area contributed by atoms with Crippen LogP contribution in [0.3, 0.4) is 0 Å². The molecular formula is C20H19N5OS. The smallest absolute Gasteiger partial charge is 0.176 e. The molecule has 1 aliphatic rings. The zero-order valence-electron chi connectivity index (χ0n) is 14.7. The lowest BCUT2D eigenvalue weighted by Gasteiger charge is -2.23. The van der Waals surface area contributed by atoms with Gasteiger partial charge < -0.3 is 10.1 Å². The minimum atomic E-state index is 0.290. The molecule has 4 heterocycles. The Morgan fingerprint density at radius 2 is 1.89 bits per heavy atom. The van der Waals surface area contributed by atoms with E-state index in [9.17, 15) is 0 Å². The first-order valence-corrected chi connectivity index (χ1v) is 9.97. The number of nitrogens with one attached hydrogen (secondary N) is 1. The van der Waals surface area contributed by atoms with Gasteiger partial charge in [0.05, 0.1) is 0 Å². The van der Waals surface area contributed by atoms with Crippen LogP contribution in [0.25, 0.3) is 27.7 Å². The highest BCUT2D eigenvalue weighted by Gasteiger charge is 2.18. The van der Waals surface area contributed by atoms with Crippen LogP contribution in [0.4, 0.5) is 0 Å². The van der Waals surface area contributed by atoms with Crippen molar-refractivity contribution in [3.05, 3.63) is 54.2 Å². The zero-order chi connectivity index (χ0) is 18.1. The third-order valence-electron chi connectivity index (χ3n) is 4.72. The molecule has 0 radical (unpaired) electrons. The Bertz CT molecular complexity index is 1040. The van der Waals surface area contributed by atoms with Crippen LogP contribution in [-0.2, 0) is 0 Å². The predicted octanol–water partition coefficient (Wildman–Crippen LogP) is 3.67. The Hall–Kier alpha value is -2.77. The fourth-order valence-electron chi connectivity index (χ4n) is 3.41. The quantitative estimate of drug-likeness (QED) is 0.588. The molecule has 6 nitrogen and oxygen atoms in total. The molecule has 3 aromatic heterocycles. The Balaban J connectivity index is 1.52. The van der Waals surface area contributed by atoms with Crippen LogP contribution in [0.1, 0.15) is 12.8 Å². The molecule has 136 valence electrons. The molecule has 1 fully saturated rings. The van der Waals surface area contributed by atoms with Crippen molar-refractivity contribution in [3.8, 4) is 22.3 Å². The minimum Gasteiger partial charge on any atom is -0.490 e. The van der Waals surface area contributed by atoms with E-state index in [1.165, 1.54) is 0 Å². The number of ether oxygens (including phenoxy) is 1. The van der Waals surface area contributed by atoms with E-state index in [-0.39, 0.29) is 0 Å². The monoisotopic (exact) mass is 377 g/mol. The van der Waals surface area contributed by atoms with E-state index in [1.807, 2.05) is 29.6 Å². The summed E-state index contributed by atoms with van der Waals surface area (Å²) in [6.45, 7) is 2.04. The molecule has 0 spiro atoms. The maximum Gasteiger partial charge on any atom is 0.176 e. The van der Waals surface area contributed by atoms with Gasteiger partial charge in [-0.05, 0) is 62.3 Å². The highest BCUT2D eigenvalue weighted by atomic mass is 32.1. The zero-order valence-corrected chi connectivity index (χ0v) is 15.5. The van der Waals surface area contributed by atoms with Gasteiger partial charge in [-0.1, -0.05) is 0 Å². The maximum absolute atomic E-state index is 6.13. The molecule has 1 N–H and O–H groups in total. The first-order chi connectivity index (χ1) is 13.4. The van der Waals surface area contributed by atoms with Gasteiger partial charge in [0.2, 0.25) is 0 Å². The van der Waals surface area contributed by atoms with Crippen molar-refractivity contribution in [2.45, 2.75) is 18.9 Å². The maximum atomic E-state index is 6.13. The van der Waals surface area contributed by atoms with Gasteiger partial charge in [-0.15, -0.1) is 11.3 Å². The molecule has 1 aromatic carbocycles. The Kier molecular flexibility index (Phi) is 4.31. The molecule has 4 aromatic rings. The van der Waals surface area contributed by atoms with Crippen molar-refractivity contribution < 1.29 is 4.74 Å². The van der Waals surface area contributed by atoms with Gasteiger partial charge in [-0.3, -0.25) is 4.57 Å². The average molecular weight is 377 g/mol. The number of pyridine rings is 1. The first-order valence-electron chi connectivity index (χ1n) is 9.09.